The molecule has 2 heterocycles. The zero-order valence-corrected chi connectivity index (χ0v) is 25.4. The monoisotopic (exact) mass is 599 g/mol. The highest BCUT2D eigenvalue weighted by molar-refractivity contribution is 7.92. The number of likely N-dealkylation sites (N-methyl/N-ethyl adjacent to an activating group) is 1. The van der Waals surface area contributed by atoms with Crippen molar-refractivity contribution in [3.8, 4) is 5.75 Å². The lowest BCUT2D eigenvalue weighted by Crippen LogP contribution is -2.50. The minimum Gasteiger partial charge on any atom is -0.487 e. The van der Waals surface area contributed by atoms with Crippen LogP contribution in [0.3, 0.4) is 0 Å². The van der Waals surface area contributed by atoms with E-state index < -0.39 is 28.1 Å². The van der Waals surface area contributed by atoms with Crippen molar-refractivity contribution < 1.29 is 32.4 Å². The molecule has 1 aromatic heterocycles. The van der Waals surface area contributed by atoms with Crippen molar-refractivity contribution >= 4 is 33.3 Å². The summed E-state index contributed by atoms with van der Waals surface area (Å²) >= 11 is 0. The summed E-state index contributed by atoms with van der Waals surface area (Å²) in [5.74, 6) is 0.0899. The number of aliphatic hydroxyl groups excluding tert-OH is 1. The van der Waals surface area contributed by atoms with Gasteiger partial charge in [-0.2, -0.15) is 0 Å². The number of carbonyl (C=O) groups is 2. The zero-order valence-electron chi connectivity index (χ0n) is 24.5. The van der Waals surface area contributed by atoms with Crippen LogP contribution in [0.1, 0.15) is 41.2 Å². The Morgan fingerprint density at radius 1 is 1.19 bits per heavy atom. The van der Waals surface area contributed by atoms with Gasteiger partial charge in [-0.25, -0.2) is 13.2 Å². The normalized spacial score (nSPS) is 17.9. The van der Waals surface area contributed by atoms with Crippen molar-refractivity contribution in [2.24, 2.45) is 5.92 Å². The smallest absolute Gasteiger partial charge is 0.321 e. The quantitative estimate of drug-likeness (QED) is 0.353. The van der Waals surface area contributed by atoms with E-state index in [2.05, 4.69) is 15.2 Å². The summed E-state index contributed by atoms with van der Waals surface area (Å²) in [6.07, 6.45) is -0.541. The van der Waals surface area contributed by atoms with Crippen molar-refractivity contribution in [3.05, 3.63) is 65.0 Å². The SMILES string of the molecule is Cc1ccc(S(=O)(=O)Nc2ccc3c(c2)C(=O)N([C@H](C)CO)C[C@@H](C)[C@H](CN(C)C(=O)Nc2c(C)noc2C)O3)cc1. The summed E-state index contributed by atoms with van der Waals surface area (Å²) < 4.78 is 40.0. The Kier molecular flexibility index (Phi) is 9.12. The molecule has 1 aliphatic heterocycles. The van der Waals surface area contributed by atoms with E-state index in [1.54, 1.807) is 44.9 Å². The van der Waals surface area contributed by atoms with Gasteiger partial charge < -0.3 is 29.5 Å². The lowest BCUT2D eigenvalue weighted by atomic mass is 9.99. The Balaban J connectivity index is 1.62. The third-order valence-corrected chi connectivity index (χ3v) is 8.71. The fourth-order valence-electron chi connectivity index (χ4n) is 4.65. The molecular formula is C29H37N5O7S. The molecule has 0 fully saturated rings. The first kappa shape index (κ1) is 30.8. The van der Waals surface area contributed by atoms with Crippen LogP contribution in [0.5, 0.6) is 5.75 Å². The number of aryl methyl sites for hydroxylation is 3. The number of aliphatic hydroxyl groups is 1. The van der Waals surface area contributed by atoms with Gasteiger partial charge in [-0.05, 0) is 58.0 Å². The summed E-state index contributed by atoms with van der Waals surface area (Å²) in [7, 11) is -2.29. The molecule has 226 valence electrons. The van der Waals surface area contributed by atoms with E-state index in [1.807, 2.05) is 13.8 Å². The number of aromatic nitrogens is 1. The highest BCUT2D eigenvalue weighted by atomic mass is 32.2. The number of sulfonamides is 1. The number of rotatable bonds is 8. The molecule has 4 rings (SSSR count). The number of ether oxygens (including phenoxy) is 1. The van der Waals surface area contributed by atoms with Crippen LogP contribution in [-0.2, 0) is 10.0 Å². The average molecular weight is 600 g/mol. The minimum absolute atomic E-state index is 0.0877. The van der Waals surface area contributed by atoms with Crippen LogP contribution < -0.4 is 14.8 Å². The number of urea groups is 1. The second-order valence-corrected chi connectivity index (χ2v) is 12.4. The number of hydrogen-bond donors (Lipinski definition) is 3. The lowest BCUT2D eigenvalue weighted by molar-refractivity contribution is 0.0371. The molecule has 2 aromatic carbocycles. The van der Waals surface area contributed by atoms with E-state index in [4.69, 9.17) is 9.26 Å². The van der Waals surface area contributed by atoms with Crippen molar-refractivity contribution in [1.82, 2.24) is 15.0 Å². The fraction of sp³-hybridized carbons (Fsp3) is 0.414. The van der Waals surface area contributed by atoms with Crippen molar-refractivity contribution in [2.75, 3.05) is 36.8 Å². The summed E-state index contributed by atoms with van der Waals surface area (Å²) in [5.41, 5.74) is 2.30. The molecule has 0 saturated heterocycles. The van der Waals surface area contributed by atoms with Crippen molar-refractivity contribution in [1.29, 1.82) is 0 Å². The maximum atomic E-state index is 13.7. The molecule has 3 N–H and O–H groups in total. The van der Waals surface area contributed by atoms with Gasteiger partial charge in [0.2, 0.25) is 0 Å². The van der Waals surface area contributed by atoms with E-state index in [9.17, 15) is 23.1 Å². The fourth-order valence-corrected chi connectivity index (χ4v) is 5.70. The number of fused-ring (bicyclic) bond motifs is 1. The van der Waals surface area contributed by atoms with Crippen molar-refractivity contribution in [3.63, 3.8) is 0 Å². The first-order chi connectivity index (χ1) is 19.8. The number of nitrogens with zero attached hydrogens (tertiary/aromatic N) is 3. The highest BCUT2D eigenvalue weighted by Gasteiger charge is 2.34. The van der Waals surface area contributed by atoms with Crippen molar-refractivity contribution in [2.45, 2.75) is 51.7 Å². The Hall–Kier alpha value is -4.10. The van der Waals surface area contributed by atoms with Gasteiger partial charge in [0.15, 0.2) is 5.76 Å². The number of carbonyl (C=O) groups excluding carboxylic acids is 2. The van der Waals surface area contributed by atoms with E-state index in [0.717, 1.165) is 5.56 Å². The summed E-state index contributed by atoms with van der Waals surface area (Å²) in [5, 5.41) is 16.6. The van der Waals surface area contributed by atoms with Crippen LogP contribution in [0.4, 0.5) is 16.2 Å². The molecule has 42 heavy (non-hydrogen) atoms. The summed E-state index contributed by atoms with van der Waals surface area (Å²) in [4.78, 5) is 29.8. The van der Waals surface area contributed by atoms with Gasteiger partial charge in [0.05, 0.1) is 29.7 Å². The first-order valence-electron chi connectivity index (χ1n) is 13.6. The molecule has 1 aliphatic rings. The van der Waals surface area contributed by atoms with Crippen LogP contribution in [0.2, 0.25) is 0 Å². The second-order valence-electron chi connectivity index (χ2n) is 10.8. The second kappa shape index (κ2) is 12.4. The standard InChI is InChI=1S/C29H37N5O7S/c1-17-7-10-23(11-8-17)42(38,39)32-22-9-12-25-24(13-22)28(36)34(19(3)16-35)14-18(2)26(40-25)15-33(6)29(37)30-27-20(4)31-41-21(27)5/h7-13,18-19,26,32,35H,14-16H2,1-6H3,(H,30,37)/t18-,19-,26+/m1/s1. The predicted octanol–water partition coefficient (Wildman–Crippen LogP) is 3.78. The van der Waals surface area contributed by atoms with Crippen LogP contribution in [-0.4, -0.2) is 79.3 Å². The van der Waals surface area contributed by atoms with Crippen LogP contribution >= 0.6 is 0 Å². The molecule has 0 radical (unpaired) electrons. The number of amides is 3. The topological polar surface area (TPSA) is 154 Å². The Morgan fingerprint density at radius 2 is 1.88 bits per heavy atom. The summed E-state index contributed by atoms with van der Waals surface area (Å²) in [6, 6.07) is 10.0. The van der Waals surface area contributed by atoms with Crippen LogP contribution in [0.15, 0.2) is 51.9 Å². The van der Waals surface area contributed by atoms with Gasteiger partial charge in [0.1, 0.15) is 23.2 Å². The summed E-state index contributed by atoms with van der Waals surface area (Å²) in [6.45, 7) is 9.08. The zero-order chi connectivity index (χ0) is 30.8. The predicted molar refractivity (Wildman–Crippen MR) is 157 cm³/mol. The molecule has 0 spiro atoms. The molecule has 12 nitrogen and oxygen atoms in total. The number of anilines is 2. The maximum absolute atomic E-state index is 13.7. The molecule has 3 aromatic rings. The lowest BCUT2D eigenvalue weighted by Gasteiger charge is -2.38. The van der Waals surface area contributed by atoms with E-state index in [-0.39, 0.29) is 53.5 Å². The number of nitrogens with one attached hydrogen (secondary N) is 2. The molecule has 0 bridgehead atoms. The molecule has 3 amide bonds. The van der Waals surface area contributed by atoms with Crippen LogP contribution in [0, 0.1) is 26.7 Å². The molecule has 0 aliphatic carbocycles. The van der Waals surface area contributed by atoms with Crippen LogP contribution in [0.25, 0.3) is 0 Å². The molecule has 13 heteroatoms. The van der Waals surface area contributed by atoms with Gasteiger partial charge in [0.25, 0.3) is 15.9 Å². The third kappa shape index (κ3) is 6.68. The number of hydrogen-bond acceptors (Lipinski definition) is 8. The largest absolute Gasteiger partial charge is 0.487 e. The van der Waals surface area contributed by atoms with E-state index in [0.29, 0.717) is 17.1 Å². The average Bonchev–Trinajstić information content (AvgIpc) is 3.26. The Bertz CT molecular complexity index is 1540. The van der Waals surface area contributed by atoms with Gasteiger partial charge in [-0.1, -0.05) is 29.8 Å². The maximum Gasteiger partial charge on any atom is 0.321 e. The first-order valence-corrected chi connectivity index (χ1v) is 15.1. The van der Waals surface area contributed by atoms with Gasteiger partial charge in [-0.3, -0.25) is 9.52 Å². The van der Waals surface area contributed by atoms with E-state index >= 15 is 0 Å². The van der Waals surface area contributed by atoms with Gasteiger partial charge >= 0.3 is 6.03 Å². The highest BCUT2D eigenvalue weighted by Crippen LogP contribution is 2.31. The van der Waals surface area contributed by atoms with E-state index in [1.165, 1.54) is 35.2 Å². The molecule has 0 unspecified atom stereocenters. The Morgan fingerprint density at radius 3 is 2.50 bits per heavy atom. The molecular weight excluding hydrogens is 562 g/mol. The number of benzene rings is 2. The third-order valence-electron chi connectivity index (χ3n) is 7.31. The Labute approximate surface area is 245 Å². The van der Waals surface area contributed by atoms with Gasteiger partial charge in [-0.15, -0.1) is 0 Å². The minimum atomic E-state index is -3.92. The molecule has 0 saturated carbocycles. The van der Waals surface area contributed by atoms with Gasteiger partial charge in [0, 0.05) is 25.2 Å². The molecule has 3 atom stereocenters.